The molecule has 0 fully saturated rings. The van der Waals surface area contributed by atoms with Crippen LogP contribution in [-0.2, 0) is 19.4 Å². The van der Waals surface area contributed by atoms with Gasteiger partial charge in [-0.1, -0.05) is 0 Å². The summed E-state index contributed by atoms with van der Waals surface area (Å²) in [5, 5.41) is 0. The van der Waals surface area contributed by atoms with Crippen molar-refractivity contribution < 1.29 is 19.4 Å². The van der Waals surface area contributed by atoms with E-state index in [1.807, 2.05) is 27.3 Å². The zero-order valence-electron chi connectivity index (χ0n) is 5.97. The molecule has 0 unspecified atom stereocenters. The maximum atomic E-state index is 3.91. The molecule has 0 saturated carbocycles. The standard InChI is InChI=1S/C8H8N2.W/c1-3-4-8(2)10-6-5-9-7-10;/h1,3-7H,2H2;/b4-3-;. The summed E-state index contributed by atoms with van der Waals surface area (Å²) in [6.45, 7) is 3.86. The number of hydrogen-bond acceptors (Lipinski definition) is 1. The van der Waals surface area contributed by atoms with Crippen LogP contribution in [0.1, 0.15) is 0 Å². The van der Waals surface area contributed by atoms with E-state index in [-0.39, 0.29) is 0 Å². The van der Waals surface area contributed by atoms with Crippen LogP contribution in [0.5, 0.6) is 0 Å². The quantitative estimate of drug-likeness (QED) is 0.768. The summed E-state index contributed by atoms with van der Waals surface area (Å²) in [7, 11) is 0. The van der Waals surface area contributed by atoms with Gasteiger partial charge in [-0.2, -0.15) is 0 Å². The summed E-state index contributed by atoms with van der Waals surface area (Å²) in [6.07, 6.45) is 9.27. The summed E-state index contributed by atoms with van der Waals surface area (Å²) < 4.78 is 3.91. The molecule has 0 aliphatic carbocycles. The zero-order chi connectivity index (χ0) is 8.10. The molecule has 56 valence electrons. The normalized spacial score (nSPS) is 10.2. The van der Waals surface area contributed by atoms with Gasteiger partial charge < -0.3 is 0 Å². The monoisotopic (exact) mass is 316 g/mol. The molecule has 0 atom stereocenters. The number of imidazole rings is 1. The Kier molecular flexibility index (Phi) is 3.18. The van der Waals surface area contributed by atoms with Gasteiger partial charge in [0, 0.05) is 0 Å². The van der Waals surface area contributed by atoms with Gasteiger partial charge in [0.1, 0.15) is 0 Å². The molecule has 0 spiro atoms. The molecule has 1 aromatic rings. The van der Waals surface area contributed by atoms with Crippen LogP contribution in [-0.4, -0.2) is 14.0 Å². The van der Waals surface area contributed by atoms with Gasteiger partial charge in [0.15, 0.2) is 0 Å². The fourth-order valence-corrected chi connectivity index (χ4v) is 0.948. The number of nitrogens with zero attached hydrogens (tertiary/aromatic N) is 2. The summed E-state index contributed by atoms with van der Waals surface area (Å²) in [4.78, 5) is 3.91. The molecule has 1 aromatic heterocycles. The minimum atomic E-state index is 0.931. The van der Waals surface area contributed by atoms with E-state index in [0.29, 0.717) is 0 Å². The van der Waals surface area contributed by atoms with Gasteiger partial charge in [-0.25, -0.2) is 0 Å². The number of aromatic nitrogens is 2. The Balaban J connectivity index is 2.71. The molecule has 0 saturated heterocycles. The Morgan fingerprint density at radius 1 is 1.64 bits per heavy atom. The number of hydrogen-bond donors (Lipinski definition) is 0. The fraction of sp³-hybridized carbons (Fsp3) is 0. The average Bonchev–Trinajstić information content (AvgIpc) is 2.52. The minimum absolute atomic E-state index is 0.931. The van der Waals surface area contributed by atoms with Gasteiger partial charge in [0.2, 0.25) is 0 Å². The third-order valence-corrected chi connectivity index (χ3v) is 1.77. The van der Waals surface area contributed by atoms with Crippen LogP contribution in [0.2, 0.25) is 0 Å². The van der Waals surface area contributed by atoms with E-state index in [4.69, 9.17) is 0 Å². The Bertz CT molecular complexity index is 272. The molecule has 0 aliphatic heterocycles. The van der Waals surface area contributed by atoms with Crippen LogP contribution in [0, 0.1) is 0 Å². The van der Waals surface area contributed by atoms with Crippen LogP contribution in [0.15, 0.2) is 37.5 Å². The Morgan fingerprint density at radius 3 is 3.00 bits per heavy atom. The second-order valence-electron chi connectivity index (χ2n) is 1.96. The van der Waals surface area contributed by atoms with Gasteiger partial charge in [-0.15, -0.1) is 0 Å². The molecule has 0 aromatic carbocycles. The van der Waals surface area contributed by atoms with Crippen molar-refractivity contribution in [3.63, 3.8) is 0 Å². The molecule has 0 bridgehead atoms. The zero-order valence-corrected chi connectivity index (χ0v) is 8.91. The molecule has 0 amide bonds. The average molecular weight is 316 g/mol. The van der Waals surface area contributed by atoms with E-state index in [2.05, 4.69) is 11.6 Å². The first-order chi connectivity index (χ1) is 5.34. The van der Waals surface area contributed by atoms with E-state index in [1.54, 1.807) is 12.5 Å². The van der Waals surface area contributed by atoms with E-state index in [0.717, 1.165) is 5.70 Å². The first-order valence-corrected chi connectivity index (χ1v) is 4.83. The van der Waals surface area contributed by atoms with E-state index in [9.17, 15) is 0 Å². The predicted octanol–water partition coefficient (Wildman–Crippen LogP) is 1.26. The fourth-order valence-electron chi connectivity index (χ4n) is 0.665. The van der Waals surface area contributed by atoms with Crippen LogP contribution in [0.3, 0.4) is 0 Å². The van der Waals surface area contributed by atoms with Crippen molar-refractivity contribution in [2.45, 2.75) is 0 Å². The first-order valence-electron chi connectivity index (χ1n) is 3.13. The summed E-state index contributed by atoms with van der Waals surface area (Å²) in [6, 6.07) is 0. The molecular formula is C8H8N2W. The van der Waals surface area contributed by atoms with E-state index >= 15 is 0 Å². The van der Waals surface area contributed by atoms with Crippen LogP contribution >= 0.6 is 0 Å². The molecule has 1 heterocycles. The first kappa shape index (κ1) is 8.35. The van der Waals surface area contributed by atoms with Crippen LogP contribution in [0.4, 0.5) is 0 Å². The van der Waals surface area contributed by atoms with Crippen LogP contribution in [0.25, 0.3) is 5.70 Å². The van der Waals surface area contributed by atoms with Crippen LogP contribution < -0.4 is 0 Å². The van der Waals surface area contributed by atoms with E-state index < -0.39 is 0 Å². The number of rotatable bonds is 3. The Labute approximate surface area is 76.7 Å². The molecule has 1 rings (SSSR count). The summed E-state index contributed by atoms with van der Waals surface area (Å²) in [5.74, 6) is 0. The van der Waals surface area contributed by atoms with Gasteiger partial charge in [0.25, 0.3) is 0 Å². The summed E-state index contributed by atoms with van der Waals surface area (Å²) >= 11 is 1.44. The predicted molar refractivity (Wildman–Crippen MR) is 42.8 cm³/mol. The van der Waals surface area contributed by atoms with Gasteiger partial charge >= 0.3 is 76.5 Å². The second kappa shape index (κ2) is 4.19. The molecule has 0 radical (unpaired) electrons. The third-order valence-electron chi connectivity index (χ3n) is 1.20. The molecule has 3 heteroatoms. The van der Waals surface area contributed by atoms with Crippen molar-refractivity contribution in [1.29, 1.82) is 0 Å². The van der Waals surface area contributed by atoms with Gasteiger partial charge in [0.05, 0.1) is 0 Å². The number of allylic oxidation sites excluding steroid dienone is 3. The Hall–Kier alpha value is -0.752. The van der Waals surface area contributed by atoms with Crippen molar-refractivity contribution in [2.24, 2.45) is 0 Å². The van der Waals surface area contributed by atoms with Crippen molar-refractivity contribution >= 4 is 10.1 Å². The SMILES string of the molecule is C=C(/C=C\[CH]=[W])n1ccnc1. The molecule has 0 N–H and O–H groups in total. The Morgan fingerprint density at radius 2 is 2.45 bits per heavy atom. The molecular weight excluding hydrogens is 308 g/mol. The molecule has 11 heavy (non-hydrogen) atoms. The van der Waals surface area contributed by atoms with Gasteiger partial charge in [-0.05, 0) is 0 Å². The topological polar surface area (TPSA) is 17.8 Å². The van der Waals surface area contributed by atoms with Crippen molar-refractivity contribution in [3.05, 3.63) is 37.5 Å². The molecule has 2 nitrogen and oxygen atoms in total. The van der Waals surface area contributed by atoms with Crippen molar-refractivity contribution in [2.75, 3.05) is 0 Å². The maximum absolute atomic E-state index is 3.91. The summed E-state index contributed by atoms with van der Waals surface area (Å²) in [5.41, 5.74) is 0.931. The van der Waals surface area contributed by atoms with Crippen molar-refractivity contribution in [3.8, 4) is 0 Å². The van der Waals surface area contributed by atoms with E-state index in [1.165, 1.54) is 19.4 Å². The second-order valence-corrected chi connectivity index (χ2v) is 2.93. The van der Waals surface area contributed by atoms with Gasteiger partial charge in [-0.3, -0.25) is 0 Å². The van der Waals surface area contributed by atoms with Crippen molar-refractivity contribution in [1.82, 2.24) is 9.55 Å². The molecule has 0 aliphatic rings. The third kappa shape index (κ3) is 2.39.